The predicted octanol–water partition coefficient (Wildman–Crippen LogP) is 5.11. The molecule has 1 saturated heterocycles. The molecule has 4 aromatic rings. The average molecular weight is 463 g/mol. The number of hydrogen-bond donors (Lipinski definition) is 3. The quantitative estimate of drug-likeness (QED) is 0.366. The van der Waals surface area contributed by atoms with E-state index in [0.29, 0.717) is 15.8 Å². The zero-order chi connectivity index (χ0) is 22.2. The fraction of sp³-hybridized carbons (Fsp3) is 0.0833. The minimum absolute atomic E-state index is 0.0768. The molecule has 0 bridgehead atoms. The Kier molecular flexibility index (Phi) is 5.20. The third-order valence-electron chi connectivity index (χ3n) is 5.51. The number of aromatic hydroxyl groups is 2. The molecule has 1 aliphatic rings. The fourth-order valence-electron chi connectivity index (χ4n) is 4.09. The summed E-state index contributed by atoms with van der Waals surface area (Å²) in [4.78, 5) is 6.43. The maximum Gasteiger partial charge on any atom is 0.174 e. The summed E-state index contributed by atoms with van der Waals surface area (Å²) < 4.78 is 2.03. The number of thiocarbonyl (C=S) groups is 1. The van der Waals surface area contributed by atoms with Crippen molar-refractivity contribution in [3.05, 3.63) is 102 Å². The topological polar surface area (TPSA) is 73.5 Å². The number of phenolic OH excluding ortho intramolecular Hbond substituents is 2. The van der Waals surface area contributed by atoms with Crippen LogP contribution in [0.15, 0.2) is 85.2 Å². The molecule has 0 spiro atoms. The summed E-state index contributed by atoms with van der Waals surface area (Å²) in [7, 11) is 0. The Hall–Kier alpha value is -3.55. The van der Waals surface area contributed by atoms with Gasteiger partial charge < -0.3 is 25.0 Å². The first kappa shape index (κ1) is 20.4. The van der Waals surface area contributed by atoms with E-state index in [-0.39, 0.29) is 23.6 Å². The minimum atomic E-state index is -0.328. The van der Waals surface area contributed by atoms with E-state index in [1.807, 2.05) is 58.1 Å². The molecular weight excluding hydrogens is 444 g/mol. The van der Waals surface area contributed by atoms with Crippen LogP contribution in [-0.2, 0) is 0 Å². The SMILES string of the molecule is Oc1ccc(-n2cccc2[C@H]2[C@H](c3ccccn3)NC(=S)N2c2cc(Cl)ccc2O)cc1. The number of hydrogen-bond acceptors (Lipinski definition) is 4. The van der Waals surface area contributed by atoms with Crippen LogP contribution >= 0.6 is 23.8 Å². The van der Waals surface area contributed by atoms with Gasteiger partial charge in [-0.05, 0) is 78.9 Å². The first-order valence-electron chi connectivity index (χ1n) is 9.99. The Morgan fingerprint density at radius 1 is 0.969 bits per heavy atom. The maximum atomic E-state index is 10.7. The third kappa shape index (κ3) is 3.55. The average Bonchev–Trinajstić information content (AvgIpc) is 3.41. The summed E-state index contributed by atoms with van der Waals surface area (Å²) in [5.74, 6) is 0.274. The van der Waals surface area contributed by atoms with E-state index in [1.165, 1.54) is 0 Å². The second kappa shape index (κ2) is 8.18. The second-order valence-electron chi connectivity index (χ2n) is 7.45. The standard InChI is InChI=1S/C24H19ClN4O2S/c25-15-6-11-21(31)20(14-15)29-23(22(27-24(29)32)18-4-1-2-12-26-18)19-5-3-13-28(19)16-7-9-17(30)10-8-16/h1-14,22-23,30-31H,(H,27,32)/t22-,23-/m0/s1. The van der Waals surface area contributed by atoms with Gasteiger partial charge >= 0.3 is 0 Å². The van der Waals surface area contributed by atoms with Crippen LogP contribution < -0.4 is 10.2 Å². The Morgan fingerprint density at radius 2 is 1.78 bits per heavy atom. The van der Waals surface area contributed by atoms with Gasteiger partial charge in [-0.15, -0.1) is 0 Å². The van der Waals surface area contributed by atoms with Crippen LogP contribution in [0.3, 0.4) is 0 Å². The van der Waals surface area contributed by atoms with Gasteiger partial charge in [-0.25, -0.2) is 0 Å². The number of aromatic nitrogens is 2. The minimum Gasteiger partial charge on any atom is -0.508 e. The molecule has 6 nitrogen and oxygen atoms in total. The lowest BCUT2D eigenvalue weighted by Gasteiger charge is -2.29. The van der Waals surface area contributed by atoms with Gasteiger partial charge in [0.1, 0.15) is 17.5 Å². The molecule has 0 radical (unpaired) electrons. The lowest BCUT2D eigenvalue weighted by atomic mass is 10.0. The van der Waals surface area contributed by atoms with Crippen LogP contribution in [0.4, 0.5) is 5.69 Å². The van der Waals surface area contributed by atoms with Crippen LogP contribution in [-0.4, -0.2) is 24.9 Å². The fourth-order valence-corrected chi connectivity index (χ4v) is 4.59. The zero-order valence-corrected chi connectivity index (χ0v) is 18.3. The molecule has 0 unspecified atom stereocenters. The van der Waals surface area contributed by atoms with Crippen molar-refractivity contribution >= 4 is 34.6 Å². The van der Waals surface area contributed by atoms with Crippen molar-refractivity contribution in [1.29, 1.82) is 0 Å². The predicted molar refractivity (Wildman–Crippen MR) is 128 cm³/mol. The molecule has 8 heteroatoms. The Labute approximate surface area is 195 Å². The van der Waals surface area contributed by atoms with E-state index in [4.69, 9.17) is 23.8 Å². The Bertz CT molecular complexity index is 1280. The maximum absolute atomic E-state index is 10.7. The molecule has 0 saturated carbocycles. The van der Waals surface area contributed by atoms with E-state index in [0.717, 1.165) is 17.1 Å². The van der Waals surface area contributed by atoms with Crippen molar-refractivity contribution in [3.8, 4) is 17.2 Å². The number of phenols is 2. The van der Waals surface area contributed by atoms with E-state index in [9.17, 15) is 10.2 Å². The highest BCUT2D eigenvalue weighted by atomic mass is 35.5. The molecule has 3 N–H and O–H groups in total. The van der Waals surface area contributed by atoms with Gasteiger partial charge in [-0.3, -0.25) is 4.98 Å². The zero-order valence-electron chi connectivity index (χ0n) is 16.8. The number of nitrogens with zero attached hydrogens (tertiary/aromatic N) is 3. The first-order chi connectivity index (χ1) is 15.5. The molecule has 2 atom stereocenters. The normalized spacial score (nSPS) is 18.0. The van der Waals surface area contributed by atoms with Gasteiger partial charge in [0.15, 0.2) is 5.11 Å². The highest BCUT2D eigenvalue weighted by molar-refractivity contribution is 7.80. The van der Waals surface area contributed by atoms with Gasteiger partial charge in [0.2, 0.25) is 0 Å². The lowest BCUT2D eigenvalue weighted by molar-refractivity contribution is 0.471. The Balaban J connectivity index is 1.69. The van der Waals surface area contributed by atoms with Crippen molar-refractivity contribution in [2.24, 2.45) is 0 Å². The van der Waals surface area contributed by atoms with Gasteiger partial charge in [0.05, 0.1) is 17.4 Å². The summed E-state index contributed by atoms with van der Waals surface area (Å²) in [6.45, 7) is 0. The van der Waals surface area contributed by atoms with Crippen molar-refractivity contribution in [1.82, 2.24) is 14.9 Å². The molecule has 2 aromatic heterocycles. The smallest absolute Gasteiger partial charge is 0.174 e. The molecule has 0 aliphatic carbocycles. The number of halogens is 1. The van der Waals surface area contributed by atoms with Crippen LogP contribution in [0.25, 0.3) is 5.69 Å². The Morgan fingerprint density at radius 3 is 2.53 bits per heavy atom. The molecule has 1 fully saturated rings. The van der Waals surface area contributed by atoms with Crippen molar-refractivity contribution in [2.45, 2.75) is 12.1 Å². The third-order valence-corrected chi connectivity index (χ3v) is 6.06. The van der Waals surface area contributed by atoms with Crippen molar-refractivity contribution < 1.29 is 10.2 Å². The number of nitrogens with one attached hydrogen (secondary N) is 1. The number of rotatable bonds is 4. The van der Waals surface area contributed by atoms with Crippen LogP contribution in [0.5, 0.6) is 11.5 Å². The highest BCUT2D eigenvalue weighted by Gasteiger charge is 2.43. The van der Waals surface area contributed by atoms with Crippen molar-refractivity contribution in [3.63, 3.8) is 0 Å². The number of anilines is 1. The second-order valence-corrected chi connectivity index (χ2v) is 8.27. The largest absolute Gasteiger partial charge is 0.508 e. The number of benzene rings is 2. The molecule has 0 amide bonds. The van der Waals surface area contributed by atoms with Gasteiger partial charge in [-0.1, -0.05) is 17.7 Å². The molecule has 2 aromatic carbocycles. The van der Waals surface area contributed by atoms with E-state index in [1.54, 1.807) is 36.5 Å². The van der Waals surface area contributed by atoms with Gasteiger partial charge in [0.25, 0.3) is 0 Å². The summed E-state index contributed by atoms with van der Waals surface area (Å²) in [6, 6.07) is 21.0. The van der Waals surface area contributed by atoms with E-state index < -0.39 is 0 Å². The van der Waals surface area contributed by atoms with Crippen LogP contribution in [0.2, 0.25) is 5.02 Å². The molecule has 1 aliphatic heterocycles. The lowest BCUT2D eigenvalue weighted by Crippen LogP contribution is -2.30. The van der Waals surface area contributed by atoms with Crippen LogP contribution in [0, 0.1) is 0 Å². The number of pyridine rings is 1. The molecular formula is C24H19ClN4O2S. The van der Waals surface area contributed by atoms with Crippen molar-refractivity contribution in [2.75, 3.05) is 4.90 Å². The summed E-state index contributed by atoms with van der Waals surface area (Å²) in [5.41, 5.74) is 3.15. The monoisotopic (exact) mass is 462 g/mol. The summed E-state index contributed by atoms with van der Waals surface area (Å²) in [6.07, 6.45) is 3.70. The van der Waals surface area contributed by atoms with Gasteiger partial charge in [0, 0.05) is 28.8 Å². The molecule has 32 heavy (non-hydrogen) atoms. The molecule has 3 heterocycles. The van der Waals surface area contributed by atoms with Gasteiger partial charge in [-0.2, -0.15) is 0 Å². The summed E-state index contributed by atoms with van der Waals surface area (Å²) >= 11 is 12.0. The van der Waals surface area contributed by atoms with Crippen LogP contribution in [0.1, 0.15) is 23.5 Å². The van der Waals surface area contributed by atoms with E-state index in [2.05, 4.69) is 10.3 Å². The molecule has 160 valence electrons. The molecule has 5 rings (SSSR count). The first-order valence-corrected chi connectivity index (χ1v) is 10.8. The summed E-state index contributed by atoms with van der Waals surface area (Å²) in [5, 5.41) is 24.7. The highest BCUT2D eigenvalue weighted by Crippen LogP contribution is 2.45. The van der Waals surface area contributed by atoms with E-state index >= 15 is 0 Å².